The lowest BCUT2D eigenvalue weighted by Gasteiger charge is -2.16. The van der Waals surface area contributed by atoms with Gasteiger partial charge in [-0.25, -0.2) is 8.42 Å². The minimum atomic E-state index is -3.01. The average molecular weight is 211 g/mol. The largest absolute Gasteiger partial charge is 0.326 e. The van der Waals surface area contributed by atoms with Gasteiger partial charge in [0.25, 0.3) is 0 Å². The molecule has 14 heavy (non-hydrogen) atoms. The van der Waals surface area contributed by atoms with Crippen LogP contribution in [-0.4, -0.2) is 14.2 Å². The minimum absolute atomic E-state index is 0.280. The summed E-state index contributed by atoms with van der Waals surface area (Å²) in [5, 5.41) is 0. The summed E-state index contributed by atoms with van der Waals surface area (Å²) < 4.78 is 23.3. The Bertz CT molecular complexity index is 451. The van der Waals surface area contributed by atoms with Gasteiger partial charge in [0.2, 0.25) is 0 Å². The van der Waals surface area contributed by atoms with E-state index < -0.39 is 9.84 Å². The standard InChI is InChI=1S/C10H13NO2S/c11-7-8-3-4-10-9(6-8)2-1-5-14(10,12)13/h3-4,6H,1-2,5,7,11H2. The third-order valence-electron chi connectivity index (χ3n) is 2.55. The van der Waals surface area contributed by atoms with Crippen LogP contribution in [0.25, 0.3) is 0 Å². The number of fused-ring (bicyclic) bond motifs is 1. The van der Waals surface area contributed by atoms with Crippen molar-refractivity contribution in [3.8, 4) is 0 Å². The molecular weight excluding hydrogens is 198 g/mol. The van der Waals surface area contributed by atoms with Gasteiger partial charge >= 0.3 is 0 Å². The van der Waals surface area contributed by atoms with E-state index in [0.29, 0.717) is 11.4 Å². The molecule has 1 aromatic rings. The first kappa shape index (κ1) is 9.68. The smallest absolute Gasteiger partial charge is 0.178 e. The summed E-state index contributed by atoms with van der Waals surface area (Å²) in [6.45, 7) is 0.466. The van der Waals surface area contributed by atoms with Crippen molar-refractivity contribution in [3.05, 3.63) is 29.3 Å². The maximum absolute atomic E-state index is 11.6. The van der Waals surface area contributed by atoms with Gasteiger partial charge in [0.15, 0.2) is 9.84 Å². The fourth-order valence-corrected chi connectivity index (χ4v) is 3.40. The summed E-state index contributed by atoms with van der Waals surface area (Å²) in [5.41, 5.74) is 7.43. The average Bonchev–Trinajstić information content (AvgIpc) is 2.16. The minimum Gasteiger partial charge on any atom is -0.326 e. The van der Waals surface area contributed by atoms with Crippen molar-refractivity contribution < 1.29 is 8.42 Å². The van der Waals surface area contributed by atoms with Crippen LogP contribution < -0.4 is 5.73 Å². The van der Waals surface area contributed by atoms with Crippen molar-refractivity contribution in [2.45, 2.75) is 24.3 Å². The zero-order valence-corrected chi connectivity index (χ0v) is 8.68. The maximum atomic E-state index is 11.6. The summed E-state index contributed by atoms with van der Waals surface area (Å²) in [6.07, 6.45) is 1.58. The molecule has 76 valence electrons. The van der Waals surface area contributed by atoms with Gasteiger partial charge < -0.3 is 5.73 Å². The van der Waals surface area contributed by atoms with Gasteiger partial charge in [-0.05, 0) is 30.0 Å². The molecule has 1 aliphatic rings. The molecule has 4 heteroatoms. The topological polar surface area (TPSA) is 60.2 Å². The highest BCUT2D eigenvalue weighted by Crippen LogP contribution is 2.25. The fourth-order valence-electron chi connectivity index (χ4n) is 1.82. The van der Waals surface area contributed by atoms with Gasteiger partial charge in [-0.3, -0.25) is 0 Å². The van der Waals surface area contributed by atoms with Crippen LogP contribution in [-0.2, 0) is 22.8 Å². The predicted molar refractivity (Wildman–Crippen MR) is 54.7 cm³/mol. The summed E-state index contributed by atoms with van der Waals surface area (Å²) in [5.74, 6) is 0.280. The van der Waals surface area contributed by atoms with Crippen molar-refractivity contribution in [2.75, 3.05) is 5.75 Å². The van der Waals surface area contributed by atoms with E-state index in [2.05, 4.69) is 0 Å². The van der Waals surface area contributed by atoms with Gasteiger partial charge in [0, 0.05) is 6.54 Å². The molecule has 0 spiro atoms. The summed E-state index contributed by atoms with van der Waals surface area (Å²) >= 11 is 0. The molecule has 0 saturated heterocycles. The first-order valence-electron chi connectivity index (χ1n) is 4.68. The zero-order valence-electron chi connectivity index (χ0n) is 7.86. The van der Waals surface area contributed by atoms with Crippen LogP contribution in [0, 0.1) is 0 Å². The van der Waals surface area contributed by atoms with Crippen LogP contribution in [0.5, 0.6) is 0 Å². The first-order chi connectivity index (χ1) is 6.63. The molecular formula is C10H13NO2S. The van der Waals surface area contributed by atoms with E-state index in [1.54, 1.807) is 12.1 Å². The molecule has 0 radical (unpaired) electrons. The molecule has 0 aliphatic carbocycles. The quantitative estimate of drug-likeness (QED) is 0.749. The summed E-state index contributed by atoms with van der Waals surface area (Å²) in [4.78, 5) is 0.501. The molecule has 3 nitrogen and oxygen atoms in total. The molecule has 0 atom stereocenters. The highest BCUT2D eigenvalue weighted by molar-refractivity contribution is 7.91. The van der Waals surface area contributed by atoms with Crippen LogP contribution >= 0.6 is 0 Å². The highest BCUT2D eigenvalue weighted by Gasteiger charge is 2.22. The molecule has 0 amide bonds. The van der Waals surface area contributed by atoms with Crippen LogP contribution in [0.1, 0.15) is 17.5 Å². The van der Waals surface area contributed by atoms with E-state index in [-0.39, 0.29) is 5.75 Å². The lowest BCUT2D eigenvalue weighted by atomic mass is 10.1. The number of sulfone groups is 1. The summed E-state index contributed by atoms with van der Waals surface area (Å²) in [6, 6.07) is 5.39. The van der Waals surface area contributed by atoms with Crippen LogP contribution in [0.3, 0.4) is 0 Å². The van der Waals surface area contributed by atoms with E-state index in [0.717, 1.165) is 24.0 Å². The molecule has 1 aromatic carbocycles. The van der Waals surface area contributed by atoms with Crippen molar-refractivity contribution in [3.63, 3.8) is 0 Å². The molecule has 0 bridgehead atoms. The van der Waals surface area contributed by atoms with Crippen molar-refractivity contribution in [2.24, 2.45) is 5.73 Å². The third kappa shape index (κ3) is 1.55. The first-order valence-corrected chi connectivity index (χ1v) is 6.33. The van der Waals surface area contributed by atoms with Crippen LogP contribution in [0.15, 0.2) is 23.1 Å². The lowest BCUT2D eigenvalue weighted by molar-refractivity contribution is 0.586. The second-order valence-electron chi connectivity index (χ2n) is 3.57. The molecule has 1 aliphatic heterocycles. The fraction of sp³-hybridized carbons (Fsp3) is 0.400. The van der Waals surface area contributed by atoms with Gasteiger partial charge in [0.1, 0.15) is 0 Å². The van der Waals surface area contributed by atoms with Crippen molar-refractivity contribution in [1.29, 1.82) is 0 Å². The zero-order chi connectivity index (χ0) is 10.2. The number of hydrogen-bond donors (Lipinski definition) is 1. The van der Waals surface area contributed by atoms with Gasteiger partial charge in [-0.2, -0.15) is 0 Å². The SMILES string of the molecule is NCc1ccc2c(c1)CCCS2(=O)=O. The Hall–Kier alpha value is -0.870. The Morgan fingerprint density at radius 1 is 1.36 bits per heavy atom. The second-order valence-corrected chi connectivity index (χ2v) is 5.65. The van der Waals surface area contributed by atoms with Crippen LogP contribution in [0.2, 0.25) is 0 Å². The predicted octanol–water partition coefficient (Wildman–Crippen LogP) is 0.865. The molecule has 0 fully saturated rings. The highest BCUT2D eigenvalue weighted by atomic mass is 32.2. The molecule has 0 saturated carbocycles. The molecule has 0 aromatic heterocycles. The lowest BCUT2D eigenvalue weighted by Crippen LogP contribution is -2.16. The molecule has 2 N–H and O–H groups in total. The number of benzene rings is 1. The number of hydrogen-bond acceptors (Lipinski definition) is 3. The Kier molecular flexibility index (Phi) is 2.33. The van der Waals surface area contributed by atoms with E-state index >= 15 is 0 Å². The monoisotopic (exact) mass is 211 g/mol. The molecule has 1 heterocycles. The second kappa shape index (κ2) is 3.37. The van der Waals surface area contributed by atoms with Crippen molar-refractivity contribution >= 4 is 9.84 Å². The number of rotatable bonds is 1. The Morgan fingerprint density at radius 2 is 2.14 bits per heavy atom. The number of aryl methyl sites for hydroxylation is 1. The van der Waals surface area contributed by atoms with Gasteiger partial charge in [-0.1, -0.05) is 12.1 Å². The molecule has 0 unspecified atom stereocenters. The van der Waals surface area contributed by atoms with E-state index in [4.69, 9.17) is 5.73 Å². The van der Waals surface area contributed by atoms with Gasteiger partial charge in [-0.15, -0.1) is 0 Å². The maximum Gasteiger partial charge on any atom is 0.178 e. The number of nitrogens with two attached hydrogens (primary N) is 1. The van der Waals surface area contributed by atoms with E-state index in [1.165, 1.54) is 0 Å². The van der Waals surface area contributed by atoms with E-state index in [1.807, 2.05) is 6.07 Å². The summed E-state index contributed by atoms with van der Waals surface area (Å²) in [7, 11) is -3.01. The Morgan fingerprint density at radius 3 is 2.86 bits per heavy atom. The Labute approximate surface area is 83.9 Å². The van der Waals surface area contributed by atoms with Crippen LogP contribution in [0.4, 0.5) is 0 Å². The normalized spacial score (nSPS) is 18.9. The van der Waals surface area contributed by atoms with E-state index in [9.17, 15) is 8.42 Å². The van der Waals surface area contributed by atoms with Gasteiger partial charge in [0.05, 0.1) is 10.6 Å². The Balaban J connectivity index is 2.58. The third-order valence-corrected chi connectivity index (χ3v) is 4.45. The molecule has 2 rings (SSSR count). The van der Waals surface area contributed by atoms with Crippen molar-refractivity contribution in [1.82, 2.24) is 0 Å².